The van der Waals surface area contributed by atoms with Crippen molar-refractivity contribution in [1.82, 2.24) is 15.6 Å². The molecule has 20 heavy (non-hydrogen) atoms. The SMILES string of the molecule is O=C(NCCc1ccncc1)NCc1cccc(Cl)c1. The van der Waals surface area contributed by atoms with Crippen molar-refractivity contribution in [3.63, 3.8) is 0 Å². The average Bonchev–Trinajstić information content (AvgIpc) is 2.46. The van der Waals surface area contributed by atoms with Gasteiger partial charge >= 0.3 is 6.03 Å². The van der Waals surface area contributed by atoms with Gasteiger partial charge in [-0.2, -0.15) is 0 Å². The van der Waals surface area contributed by atoms with Gasteiger partial charge in [-0.15, -0.1) is 0 Å². The van der Waals surface area contributed by atoms with Gasteiger partial charge in [0, 0.05) is 30.5 Å². The van der Waals surface area contributed by atoms with Gasteiger partial charge in [0.1, 0.15) is 0 Å². The standard InChI is InChI=1S/C15H16ClN3O/c16-14-3-1-2-13(10-14)11-19-15(20)18-9-6-12-4-7-17-8-5-12/h1-5,7-8,10H,6,9,11H2,(H2,18,19,20). The topological polar surface area (TPSA) is 54.0 Å². The van der Waals surface area contributed by atoms with E-state index < -0.39 is 0 Å². The fourth-order valence-corrected chi connectivity index (χ4v) is 1.97. The van der Waals surface area contributed by atoms with Crippen LogP contribution in [0.2, 0.25) is 5.02 Å². The number of halogens is 1. The Morgan fingerprint density at radius 3 is 2.65 bits per heavy atom. The summed E-state index contributed by atoms with van der Waals surface area (Å²) in [7, 11) is 0. The maximum Gasteiger partial charge on any atom is 0.315 e. The lowest BCUT2D eigenvalue weighted by molar-refractivity contribution is 0.240. The third kappa shape index (κ3) is 4.90. The molecule has 0 unspecified atom stereocenters. The summed E-state index contributed by atoms with van der Waals surface area (Å²) in [6, 6.07) is 11.1. The summed E-state index contributed by atoms with van der Waals surface area (Å²) in [4.78, 5) is 15.6. The summed E-state index contributed by atoms with van der Waals surface area (Å²) >= 11 is 5.88. The van der Waals surface area contributed by atoms with Crippen LogP contribution in [0.3, 0.4) is 0 Å². The van der Waals surface area contributed by atoms with Gasteiger partial charge in [-0.1, -0.05) is 23.7 Å². The number of hydrogen-bond donors (Lipinski definition) is 2. The largest absolute Gasteiger partial charge is 0.338 e. The lowest BCUT2D eigenvalue weighted by Gasteiger charge is -2.08. The Kier molecular flexibility index (Phi) is 5.38. The molecule has 4 nitrogen and oxygen atoms in total. The van der Waals surface area contributed by atoms with Crippen molar-refractivity contribution in [2.24, 2.45) is 0 Å². The van der Waals surface area contributed by atoms with Gasteiger partial charge in [0.2, 0.25) is 0 Å². The molecule has 0 atom stereocenters. The van der Waals surface area contributed by atoms with Crippen molar-refractivity contribution in [2.45, 2.75) is 13.0 Å². The molecule has 0 saturated carbocycles. The lowest BCUT2D eigenvalue weighted by Crippen LogP contribution is -2.36. The van der Waals surface area contributed by atoms with Crippen molar-refractivity contribution >= 4 is 17.6 Å². The number of benzene rings is 1. The molecule has 0 aliphatic rings. The maximum absolute atomic E-state index is 11.6. The number of carbonyl (C=O) groups is 1. The summed E-state index contributed by atoms with van der Waals surface area (Å²) < 4.78 is 0. The van der Waals surface area contributed by atoms with Crippen LogP contribution in [0.1, 0.15) is 11.1 Å². The molecule has 2 aromatic rings. The number of rotatable bonds is 5. The van der Waals surface area contributed by atoms with Crippen LogP contribution >= 0.6 is 11.6 Å². The minimum Gasteiger partial charge on any atom is -0.338 e. The second-order valence-electron chi connectivity index (χ2n) is 4.34. The Balaban J connectivity index is 1.68. The third-order valence-electron chi connectivity index (χ3n) is 2.79. The predicted molar refractivity (Wildman–Crippen MR) is 79.6 cm³/mol. The molecule has 0 saturated heterocycles. The molecule has 1 aromatic heterocycles. The first-order chi connectivity index (χ1) is 9.74. The second-order valence-corrected chi connectivity index (χ2v) is 4.78. The van der Waals surface area contributed by atoms with Gasteiger partial charge in [0.15, 0.2) is 0 Å². The van der Waals surface area contributed by atoms with Gasteiger partial charge in [0.25, 0.3) is 0 Å². The molecule has 2 amide bonds. The number of pyridine rings is 1. The van der Waals surface area contributed by atoms with E-state index in [1.807, 2.05) is 30.3 Å². The zero-order valence-corrected chi connectivity index (χ0v) is 11.7. The van der Waals surface area contributed by atoms with Crippen LogP contribution < -0.4 is 10.6 Å². The molecule has 0 aliphatic carbocycles. The van der Waals surface area contributed by atoms with Gasteiger partial charge < -0.3 is 10.6 Å². The van der Waals surface area contributed by atoms with E-state index in [2.05, 4.69) is 15.6 Å². The van der Waals surface area contributed by atoms with Crippen molar-refractivity contribution in [3.05, 3.63) is 64.9 Å². The number of nitrogens with zero attached hydrogens (tertiary/aromatic N) is 1. The molecule has 1 aromatic carbocycles. The van der Waals surface area contributed by atoms with E-state index in [0.29, 0.717) is 18.1 Å². The van der Waals surface area contributed by atoms with Gasteiger partial charge in [-0.05, 0) is 41.8 Å². The Hall–Kier alpha value is -2.07. The van der Waals surface area contributed by atoms with E-state index in [4.69, 9.17) is 11.6 Å². The van der Waals surface area contributed by atoms with Gasteiger partial charge in [-0.25, -0.2) is 4.79 Å². The quantitative estimate of drug-likeness (QED) is 0.889. The second kappa shape index (κ2) is 7.50. The van der Waals surface area contributed by atoms with Crippen LogP contribution in [0, 0.1) is 0 Å². The molecule has 0 aliphatic heterocycles. The van der Waals surface area contributed by atoms with Gasteiger partial charge in [0.05, 0.1) is 0 Å². The third-order valence-corrected chi connectivity index (χ3v) is 3.03. The zero-order chi connectivity index (χ0) is 14.2. The zero-order valence-electron chi connectivity index (χ0n) is 11.0. The Morgan fingerprint density at radius 2 is 1.90 bits per heavy atom. The van der Waals surface area contributed by atoms with Crippen LogP contribution in [-0.4, -0.2) is 17.6 Å². The molecule has 0 fully saturated rings. The first-order valence-electron chi connectivity index (χ1n) is 6.39. The van der Waals surface area contributed by atoms with Crippen LogP contribution in [0.25, 0.3) is 0 Å². The average molecular weight is 290 g/mol. The van der Waals surface area contributed by atoms with Crippen molar-refractivity contribution < 1.29 is 4.79 Å². The van der Waals surface area contributed by atoms with Crippen LogP contribution in [-0.2, 0) is 13.0 Å². The Labute approximate surface area is 123 Å². The molecular weight excluding hydrogens is 274 g/mol. The number of hydrogen-bond acceptors (Lipinski definition) is 2. The van der Waals surface area contributed by atoms with Gasteiger partial charge in [-0.3, -0.25) is 4.98 Å². The fraction of sp³-hybridized carbons (Fsp3) is 0.200. The molecule has 104 valence electrons. The molecule has 2 N–H and O–H groups in total. The summed E-state index contributed by atoms with van der Waals surface area (Å²) in [6.45, 7) is 1.05. The molecule has 0 bridgehead atoms. The highest BCUT2D eigenvalue weighted by Gasteiger charge is 2.00. The highest BCUT2D eigenvalue weighted by molar-refractivity contribution is 6.30. The maximum atomic E-state index is 11.6. The number of nitrogens with one attached hydrogen (secondary N) is 2. The number of amides is 2. The summed E-state index contributed by atoms with van der Waals surface area (Å²) in [5.41, 5.74) is 2.12. The number of carbonyl (C=O) groups excluding carboxylic acids is 1. The van der Waals surface area contributed by atoms with E-state index in [1.54, 1.807) is 18.5 Å². The van der Waals surface area contributed by atoms with E-state index >= 15 is 0 Å². The van der Waals surface area contributed by atoms with Crippen LogP contribution in [0.15, 0.2) is 48.8 Å². The number of aromatic nitrogens is 1. The molecular formula is C15H16ClN3O. The van der Waals surface area contributed by atoms with Crippen molar-refractivity contribution in [1.29, 1.82) is 0 Å². The Morgan fingerprint density at radius 1 is 1.10 bits per heavy atom. The minimum absolute atomic E-state index is 0.181. The fourth-order valence-electron chi connectivity index (χ4n) is 1.76. The molecule has 0 radical (unpaired) electrons. The smallest absolute Gasteiger partial charge is 0.315 e. The van der Waals surface area contributed by atoms with E-state index in [-0.39, 0.29) is 6.03 Å². The summed E-state index contributed by atoms with van der Waals surface area (Å²) in [5.74, 6) is 0. The van der Waals surface area contributed by atoms with Crippen molar-refractivity contribution in [2.75, 3.05) is 6.54 Å². The van der Waals surface area contributed by atoms with E-state index in [9.17, 15) is 4.79 Å². The summed E-state index contributed by atoms with van der Waals surface area (Å²) in [6.07, 6.45) is 4.27. The Bertz CT molecular complexity index is 560. The number of urea groups is 1. The van der Waals surface area contributed by atoms with E-state index in [0.717, 1.165) is 17.5 Å². The van der Waals surface area contributed by atoms with Crippen molar-refractivity contribution in [3.8, 4) is 0 Å². The van der Waals surface area contributed by atoms with Crippen LogP contribution in [0.5, 0.6) is 0 Å². The lowest BCUT2D eigenvalue weighted by atomic mass is 10.2. The highest BCUT2D eigenvalue weighted by atomic mass is 35.5. The molecule has 2 rings (SSSR count). The van der Waals surface area contributed by atoms with E-state index in [1.165, 1.54) is 0 Å². The molecule has 5 heteroatoms. The predicted octanol–water partition coefficient (Wildman–Crippen LogP) is 2.78. The first kappa shape index (κ1) is 14.3. The molecule has 1 heterocycles. The first-order valence-corrected chi connectivity index (χ1v) is 6.77. The highest BCUT2D eigenvalue weighted by Crippen LogP contribution is 2.10. The normalized spacial score (nSPS) is 10.1. The monoisotopic (exact) mass is 289 g/mol. The minimum atomic E-state index is -0.181. The van der Waals surface area contributed by atoms with Crippen LogP contribution in [0.4, 0.5) is 4.79 Å². The summed E-state index contributed by atoms with van der Waals surface area (Å²) in [5, 5.41) is 6.27. The molecule has 0 spiro atoms.